The highest BCUT2D eigenvalue weighted by Crippen LogP contribution is 2.66. The molecule has 1 heterocycles. The number of fused-ring (bicyclic) bond motifs is 2. The third-order valence-electron chi connectivity index (χ3n) is 8.98. The van der Waals surface area contributed by atoms with Gasteiger partial charge >= 0.3 is 0 Å². The average Bonchev–Trinajstić information content (AvgIpc) is 2.65. The Kier molecular flexibility index (Phi) is 4.39. The van der Waals surface area contributed by atoms with E-state index in [0.717, 1.165) is 25.8 Å². The van der Waals surface area contributed by atoms with Crippen LogP contribution < -0.4 is 5.73 Å². The minimum absolute atomic E-state index is 0.245. The van der Waals surface area contributed by atoms with E-state index in [-0.39, 0.29) is 12.0 Å². The van der Waals surface area contributed by atoms with Gasteiger partial charge in [-0.3, -0.25) is 4.79 Å². The molecule has 0 aromatic heterocycles. The van der Waals surface area contributed by atoms with Gasteiger partial charge in [0.05, 0.1) is 0 Å². The van der Waals surface area contributed by atoms with E-state index in [2.05, 4.69) is 49.1 Å². The summed E-state index contributed by atoms with van der Waals surface area (Å²) in [6.45, 7) is 5.57. The van der Waals surface area contributed by atoms with Gasteiger partial charge in [0.2, 0.25) is 5.91 Å². The molecule has 1 aliphatic heterocycles. The maximum absolute atomic E-state index is 13.7. The first-order valence-electron chi connectivity index (χ1n) is 11.5. The molecular formula is C25H36N2O. The molecular weight excluding hydrogens is 344 g/mol. The number of hydrogen-bond acceptors (Lipinski definition) is 2. The molecule has 1 aromatic carbocycles. The van der Waals surface area contributed by atoms with E-state index in [9.17, 15) is 4.79 Å². The van der Waals surface area contributed by atoms with Crippen LogP contribution in [0.25, 0.3) is 0 Å². The monoisotopic (exact) mass is 380 g/mol. The Bertz CT molecular complexity index is 748. The van der Waals surface area contributed by atoms with E-state index < -0.39 is 0 Å². The number of rotatable bonds is 2. The Morgan fingerprint density at radius 3 is 2.68 bits per heavy atom. The highest BCUT2D eigenvalue weighted by atomic mass is 16.2. The van der Waals surface area contributed by atoms with Gasteiger partial charge in [-0.05, 0) is 86.5 Å². The molecule has 152 valence electrons. The molecule has 4 fully saturated rings. The molecule has 1 saturated heterocycles. The van der Waals surface area contributed by atoms with E-state index in [1.54, 1.807) is 5.56 Å². The summed E-state index contributed by atoms with van der Waals surface area (Å²) in [7, 11) is 0. The van der Waals surface area contributed by atoms with Crippen LogP contribution in [0.2, 0.25) is 0 Å². The second-order valence-electron chi connectivity index (χ2n) is 10.9. The molecule has 5 unspecified atom stereocenters. The number of nitrogens with two attached hydrogens (primary N) is 1. The Morgan fingerprint density at radius 2 is 1.93 bits per heavy atom. The summed E-state index contributed by atoms with van der Waals surface area (Å²) >= 11 is 0. The van der Waals surface area contributed by atoms with E-state index in [1.807, 2.05) is 0 Å². The van der Waals surface area contributed by atoms with Crippen molar-refractivity contribution in [1.82, 2.24) is 4.90 Å². The number of carbonyl (C=O) groups is 1. The number of likely N-dealkylation sites (tertiary alicyclic amines) is 1. The predicted octanol–water partition coefficient (Wildman–Crippen LogP) is 4.50. The third-order valence-corrected chi connectivity index (χ3v) is 8.98. The fourth-order valence-electron chi connectivity index (χ4n) is 8.01. The summed E-state index contributed by atoms with van der Waals surface area (Å²) in [5, 5.41) is 0. The predicted molar refractivity (Wildman–Crippen MR) is 113 cm³/mol. The van der Waals surface area contributed by atoms with Crippen LogP contribution in [0, 0.1) is 23.2 Å². The molecule has 3 aliphatic carbocycles. The first-order valence-corrected chi connectivity index (χ1v) is 11.5. The van der Waals surface area contributed by atoms with Gasteiger partial charge in [0.1, 0.15) is 0 Å². The molecule has 28 heavy (non-hydrogen) atoms. The molecule has 0 radical (unpaired) electrons. The standard InChI is InChI=1S/C25H36N2O/c1-17-12-20(26)9-11-27(17)23(28)21-13-18-14-24(2)16-25(15-18,10-8-22(21)24)19-6-4-3-5-7-19/h3-7,17-18,20-22H,8-16,26H2,1-2H3/t17?,18?,20?,21?,22?,24-,25-/m1/s1. The zero-order chi connectivity index (χ0) is 19.5. The van der Waals surface area contributed by atoms with Crippen LogP contribution in [-0.4, -0.2) is 29.4 Å². The Labute approximate surface area is 170 Å². The third kappa shape index (κ3) is 2.84. The highest BCUT2D eigenvalue weighted by Gasteiger charge is 2.59. The lowest BCUT2D eigenvalue weighted by molar-refractivity contribution is -0.156. The highest BCUT2D eigenvalue weighted by molar-refractivity contribution is 5.80. The fourth-order valence-corrected chi connectivity index (χ4v) is 8.01. The molecule has 0 spiro atoms. The zero-order valence-electron chi connectivity index (χ0n) is 17.6. The molecule has 5 rings (SSSR count). The van der Waals surface area contributed by atoms with Gasteiger partial charge in [0.15, 0.2) is 0 Å². The molecule has 1 aromatic rings. The van der Waals surface area contributed by atoms with Crippen LogP contribution in [0.1, 0.15) is 70.8 Å². The van der Waals surface area contributed by atoms with Crippen molar-refractivity contribution in [2.24, 2.45) is 28.9 Å². The number of piperidine rings is 1. The van der Waals surface area contributed by atoms with Crippen molar-refractivity contribution in [2.75, 3.05) is 6.54 Å². The molecule has 3 saturated carbocycles. The second-order valence-corrected chi connectivity index (χ2v) is 10.9. The van der Waals surface area contributed by atoms with Gasteiger partial charge in [0, 0.05) is 24.5 Å². The summed E-state index contributed by atoms with van der Waals surface area (Å²) < 4.78 is 0. The van der Waals surface area contributed by atoms with Crippen molar-refractivity contribution in [3.8, 4) is 0 Å². The summed E-state index contributed by atoms with van der Waals surface area (Å²) in [5.41, 5.74) is 8.38. The topological polar surface area (TPSA) is 46.3 Å². The second kappa shape index (κ2) is 6.58. The summed E-state index contributed by atoms with van der Waals surface area (Å²) in [6, 6.07) is 11.8. The molecule has 2 N–H and O–H groups in total. The lowest BCUT2D eigenvalue weighted by atomic mass is 9.42. The molecule has 3 nitrogen and oxygen atoms in total. The first kappa shape index (κ1) is 18.7. The van der Waals surface area contributed by atoms with Crippen molar-refractivity contribution < 1.29 is 4.79 Å². The summed E-state index contributed by atoms with van der Waals surface area (Å²) in [4.78, 5) is 15.9. The lowest BCUT2D eigenvalue weighted by Gasteiger charge is -2.63. The van der Waals surface area contributed by atoms with Crippen molar-refractivity contribution in [3.63, 3.8) is 0 Å². The minimum Gasteiger partial charge on any atom is -0.340 e. The smallest absolute Gasteiger partial charge is 0.226 e. The van der Waals surface area contributed by atoms with Gasteiger partial charge in [-0.2, -0.15) is 0 Å². The van der Waals surface area contributed by atoms with Gasteiger partial charge in [0.25, 0.3) is 0 Å². The Morgan fingerprint density at radius 1 is 1.14 bits per heavy atom. The van der Waals surface area contributed by atoms with Gasteiger partial charge in [-0.1, -0.05) is 37.3 Å². The lowest BCUT2D eigenvalue weighted by Crippen LogP contribution is -2.59. The van der Waals surface area contributed by atoms with Gasteiger partial charge in [-0.25, -0.2) is 0 Å². The van der Waals surface area contributed by atoms with E-state index in [0.29, 0.717) is 34.6 Å². The summed E-state index contributed by atoms with van der Waals surface area (Å²) in [5.74, 6) is 1.96. The number of hydrogen-bond donors (Lipinski definition) is 1. The average molecular weight is 381 g/mol. The zero-order valence-corrected chi connectivity index (χ0v) is 17.6. The van der Waals surface area contributed by atoms with E-state index in [4.69, 9.17) is 5.73 Å². The molecule has 3 heteroatoms. The van der Waals surface area contributed by atoms with E-state index >= 15 is 0 Å². The number of nitrogens with zero attached hydrogens (tertiary/aromatic N) is 1. The van der Waals surface area contributed by atoms with Crippen LogP contribution in [-0.2, 0) is 10.2 Å². The van der Waals surface area contributed by atoms with Crippen LogP contribution in [0.15, 0.2) is 30.3 Å². The maximum atomic E-state index is 13.7. The van der Waals surface area contributed by atoms with Gasteiger partial charge in [-0.15, -0.1) is 0 Å². The number of carbonyl (C=O) groups excluding carboxylic acids is 1. The van der Waals surface area contributed by atoms with E-state index in [1.165, 1.54) is 32.1 Å². The van der Waals surface area contributed by atoms with Crippen LogP contribution in [0.5, 0.6) is 0 Å². The largest absolute Gasteiger partial charge is 0.340 e. The SMILES string of the molecule is CC1CC(N)CCN1C(=O)C1CC2C[C@]3(c4ccccc4)CCC1[C@](C)(C2)C3. The molecule has 7 atom stereocenters. The number of benzene rings is 1. The van der Waals surface area contributed by atoms with Crippen molar-refractivity contribution in [3.05, 3.63) is 35.9 Å². The van der Waals surface area contributed by atoms with Crippen LogP contribution >= 0.6 is 0 Å². The first-order chi connectivity index (χ1) is 13.4. The molecule has 4 aliphatic rings. The summed E-state index contributed by atoms with van der Waals surface area (Å²) in [6.07, 6.45) is 9.40. The molecule has 1 amide bonds. The van der Waals surface area contributed by atoms with Crippen LogP contribution in [0.3, 0.4) is 0 Å². The minimum atomic E-state index is 0.245. The fraction of sp³-hybridized carbons (Fsp3) is 0.720. The van der Waals surface area contributed by atoms with Crippen molar-refractivity contribution in [2.45, 2.75) is 82.7 Å². The van der Waals surface area contributed by atoms with Crippen molar-refractivity contribution in [1.29, 1.82) is 0 Å². The Balaban J connectivity index is 1.41. The number of amides is 1. The van der Waals surface area contributed by atoms with Crippen molar-refractivity contribution >= 4 is 5.91 Å². The normalized spacial score (nSPS) is 45.1. The maximum Gasteiger partial charge on any atom is 0.226 e. The quantitative estimate of drug-likeness (QED) is 0.821. The van der Waals surface area contributed by atoms with Gasteiger partial charge < -0.3 is 10.6 Å². The Hall–Kier alpha value is -1.35. The van der Waals surface area contributed by atoms with Crippen LogP contribution in [0.4, 0.5) is 0 Å². The molecule has 3 bridgehead atoms.